The highest BCUT2D eigenvalue weighted by molar-refractivity contribution is 5.80. The summed E-state index contributed by atoms with van der Waals surface area (Å²) in [6.45, 7) is 3.77. The molecule has 0 fully saturated rings. The van der Waals surface area contributed by atoms with E-state index in [1.165, 1.54) is 0 Å². The quantitative estimate of drug-likeness (QED) is 0.780. The highest BCUT2D eigenvalue weighted by Gasteiger charge is 2.21. The van der Waals surface area contributed by atoms with Crippen molar-refractivity contribution < 1.29 is 9.53 Å². The van der Waals surface area contributed by atoms with Gasteiger partial charge in [0.2, 0.25) is 0 Å². The number of hydrogen-bond donors (Lipinski definition) is 0. The Hall–Kier alpha value is -1.35. The average Bonchev–Trinajstić information content (AvgIpc) is 2.36. The van der Waals surface area contributed by atoms with Crippen LogP contribution in [0.1, 0.15) is 25.5 Å². The van der Waals surface area contributed by atoms with E-state index in [9.17, 15) is 4.79 Å². The molecule has 3 nitrogen and oxygen atoms in total. The standard InChI is InChI=1S/C13H19NO2/c1-10(12-8-6-5-7-9-12)14(3)13(15)11(2)16-4/h5-11H,1-4H3. The minimum Gasteiger partial charge on any atom is -0.372 e. The summed E-state index contributed by atoms with van der Waals surface area (Å²) >= 11 is 0. The Bertz CT molecular complexity index is 337. The Labute approximate surface area is 97.0 Å². The van der Waals surface area contributed by atoms with Crippen LogP contribution in [-0.4, -0.2) is 31.1 Å². The summed E-state index contributed by atoms with van der Waals surface area (Å²) in [5, 5.41) is 0. The molecule has 0 heterocycles. The van der Waals surface area contributed by atoms with Gasteiger partial charge in [0.25, 0.3) is 5.91 Å². The van der Waals surface area contributed by atoms with Crippen molar-refractivity contribution >= 4 is 5.91 Å². The lowest BCUT2D eigenvalue weighted by atomic mass is 10.1. The van der Waals surface area contributed by atoms with Crippen molar-refractivity contribution in [3.63, 3.8) is 0 Å². The molecule has 1 aromatic rings. The van der Waals surface area contributed by atoms with Crippen LogP contribution in [0.5, 0.6) is 0 Å². The largest absolute Gasteiger partial charge is 0.372 e. The van der Waals surface area contributed by atoms with E-state index in [1.807, 2.05) is 37.3 Å². The second-order valence-electron chi connectivity index (χ2n) is 3.91. The van der Waals surface area contributed by atoms with Crippen LogP contribution in [0, 0.1) is 0 Å². The molecular formula is C13H19NO2. The summed E-state index contributed by atoms with van der Waals surface area (Å²) in [6.07, 6.45) is -0.392. The molecule has 0 radical (unpaired) electrons. The second kappa shape index (κ2) is 5.66. The van der Waals surface area contributed by atoms with E-state index >= 15 is 0 Å². The Morgan fingerprint density at radius 1 is 1.25 bits per heavy atom. The number of ether oxygens (including phenoxy) is 1. The number of amides is 1. The normalized spacial score (nSPS) is 14.2. The van der Waals surface area contributed by atoms with Crippen LogP contribution in [-0.2, 0) is 9.53 Å². The Morgan fingerprint density at radius 2 is 1.81 bits per heavy atom. The molecule has 0 bridgehead atoms. The predicted molar refractivity (Wildman–Crippen MR) is 64.1 cm³/mol. The molecule has 0 aliphatic heterocycles. The monoisotopic (exact) mass is 221 g/mol. The van der Waals surface area contributed by atoms with Gasteiger partial charge in [0.05, 0.1) is 6.04 Å². The third-order valence-corrected chi connectivity index (χ3v) is 2.91. The van der Waals surface area contributed by atoms with Crippen molar-refractivity contribution in [1.29, 1.82) is 0 Å². The lowest BCUT2D eigenvalue weighted by Crippen LogP contribution is -2.37. The highest BCUT2D eigenvalue weighted by atomic mass is 16.5. The molecule has 0 spiro atoms. The number of carbonyl (C=O) groups is 1. The molecule has 1 aromatic carbocycles. The molecule has 0 aliphatic carbocycles. The number of carbonyl (C=O) groups excluding carboxylic acids is 1. The number of methoxy groups -OCH3 is 1. The first kappa shape index (κ1) is 12.7. The fourth-order valence-corrected chi connectivity index (χ4v) is 1.53. The summed E-state index contributed by atoms with van der Waals surface area (Å²) in [6, 6.07) is 10.0. The first-order valence-corrected chi connectivity index (χ1v) is 5.42. The maximum absolute atomic E-state index is 11.9. The van der Waals surface area contributed by atoms with E-state index in [4.69, 9.17) is 4.74 Å². The molecule has 2 unspecified atom stereocenters. The Balaban J connectivity index is 2.75. The molecule has 88 valence electrons. The van der Waals surface area contributed by atoms with Crippen molar-refractivity contribution in [1.82, 2.24) is 4.90 Å². The topological polar surface area (TPSA) is 29.5 Å². The van der Waals surface area contributed by atoms with Crippen molar-refractivity contribution in [3.05, 3.63) is 35.9 Å². The van der Waals surface area contributed by atoms with Crippen molar-refractivity contribution in [3.8, 4) is 0 Å². The molecule has 0 aliphatic rings. The maximum Gasteiger partial charge on any atom is 0.251 e. The molecule has 0 N–H and O–H groups in total. The van der Waals surface area contributed by atoms with Gasteiger partial charge in [0.1, 0.15) is 6.10 Å². The van der Waals surface area contributed by atoms with Gasteiger partial charge in [-0.15, -0.1) is 0 Å². The molecule has 0 saturated heterocycles. The number of rotatable bonds is 4. The van der Waals surface area contributed by atoms with Crippen molar-refractivity contribution in [2.75, 3.05) is 14.2 Å². The molecule has 1 rings (SSSR count). The van der Waals surface area contributed by atoms with Gasteiger partial charge >= 0.3 is 0 Å². The molecule has 0 aromatic heterocycles. The minimum atomic E-state index is -0.392. The summed E-state index contributed by atoms with van der Waals surface area (Å²) in [5.74, 6) is -0.00106. The van der Waals surface area contributed by atoms with Crippen LogP contribution < -0.4 is 0 Å². The lowest BCUT2D eigenvalue weighted by molar-refractivity contribution is -0.141. The molecule has 2 atom stereocenters. The zero-order valence-electron chi connectivity index (χ0n) is 10.3. The number of benzene rings is 1. The van der Waals surface area contributed by atoms with E-state index in [0.29, 0.717) is 0 Å². The summed E-state index contributed by atoms with van der Waals surface area (Å²) in [4.78, 5) is 13.6. The van der Waals surface area contributed by atoms with E-state index in [0.717, 1.165) is 5.56 Å². The fourth-order valence-electron chi connectivity index (χ4n) is 1.53. The average molecular weight is 221 g/mol. The maximum atomic E-state index is 11.9. The van der Waals surface area contributed by atoms with Gasteiger partial charge in [0.15, 0.2) is 0 Å². The SMILES string of the molecule is COC(C)C(=O)N(C)C(C)c1ccccc1. The van der Waals surface area contributed by atoms with Crippen LogP contribution >= 0.6 is 0 Å². The van der Waals surface area contributed by atoms with Gasteiger partial charge < -0.3 is 9.64 Å². The zero-order chi connectivity index (χ0) is 12.1. The predicted octanol–water partition coefficient (Wildman–Crippen LogP) is 2.24. The molecular weight excluding hydrogens is 202 g/mol. The van der Waals surface area contributed by atoms with Gasteiger partial charge in [-0.1, -0.05) is 30.3 Å². The van der Waals surface area contributed by atoms with E-state index in [1.54, 1.807) is 26.0 Å². The number of hydrogen-bond acceptors (Lipinski definition) is 2. The van der Waals surface area contributed by atoms with Crippen LogP contribution in [0.2, 0.25) is 0 Å². The second-order valence-corrected chi connectivity index (χ2v) is 3.91. The third kappa shape index (κ3) is 2.83. The van der Waals surface area contributed by atoms with Crippen LogP contribution in [0.3, 0.4) is 0 Å². The first-order chi connectivity index (χ1) is 7.57. The lowest BCUT2D eigenvalue weighted by Gasteiger charge is -2.27. The number of likely N-dealkylation sites (N-methyl/N-ethyl adjacent to an activating group) is 1. The van der Waals surface area contributed by atoms with Crippen molar-refractivity contribution in [2.45, 2.75) is 26.0 Å². The van der Waals surface area contributed by atoms with E-state index in [-0.39, 0.29) is 11.9 Å². The van der Waals surface area contributed by atoms with Crippen LogP contribution in [0.15, 0.2) is 30.3 Å². The third-order valence-electron chi connectivity index (χ3n) is 2.91. The summed E-state index contributed by atoms with van der Waals surface area (Å²) < 4.78 is 5.03. The van der Waals surface area contributed by atoms with E-state index < -0.39 is 6.10 Å². The molecule has 16 heavy (non-hydrogen) atoms. The first-order valence-electron chi connectivity index (χ1n) is 5.42. The van der Waals surface area contributed by atoms with Gasteiger partial charge in [-0.25, -0.2) is 0 Å². The minimum absolute atomic E-state index is 0.00106. The smallest absolute Gasteiger partial charge is 0.251 e. The Kier molecular flexibility index (Phi) is 4.50. The van der Waals surface area contributed by atoms with E-state index in [2.05, 4.69) is 0 Å². The van der Waals surface area contributed by atoms with Gasteiger partial charge in [0, 0.05) is 14.2 Å². The number of nitrogens with zero attached hydrogens (tertiary/aromatic N) is 1. The molecule has 1 amide bonds. The van der Waals surface area contributed by atoms with Crippen LogP contribution in [0.25, 0.3) is 0 Å². The van der Waals surface area contributed by atoms with Crippen molar-refractivity contribution in [2.24, 2.45) is 0 Å². The molecule has 3 heteroatoms. The van der Waals surface area contributed by atoms with Gasteiger partial charge in [-0.2, -0.15) is 0 Å². The highest BCUT2D eigenvalue weighted by Crippen LogP contribution is 2.19. The molecule has 0 saturated carbocycles. The Morgan fingerprint density at radius 3 is 2.31 bits per heavy atom. The van der Waals surface area contributed by atoms with Gasteiger partial charge in [-0.05, 0) is 19.4 Å². The zero-order valence-corrected chi connectivity index (χ0v) is 10.3. The fraction of sp³-hybridized carbons (Fsp3) is 0.462. The summed E-state index contributed by atoms with van der Waals surface area (Å²) in [5.41, 5.74) is 1.13. The summed E-state index contributed by atoms with van der Waals surface area (Å²) in [7, 11) is 3.35. The van der Waals surface area contributed by atoms with Crippen LogP contribution in [0.4, 0.5) is 0 Å². The van der Waals surface area contributed by atoms with Gasteiger partial charge in [-0.3, -0.25) is 4.79 Å².